The number of rotatable bonds is 4. The van der Waals surface area contributed by atoms with Crippen LogP contribution in [0.1, 0.15) is 22.8 Å². The Labute approximate surface area is 122 Å². The first-order valence-corrected chi connectivity index (χ1v) is 6.65. The number of halogens is 1. The lowest BCUT2D eigenvalue weighted by Gasteiger charge is -2.11. The van der Waals surface area contributed by atoms with E-state index in [0.29, 0.717) is 23.1 Å². The number of aromatic nitrogens is 1. The number of esters is 1. The van der Waals surface area contributed by atoms with Gasteiger partial charge < -0.3 is 10.1 Å². The van der Waals surface area contributed by atoms with Gasteiger partial charge >= 0.3 is 5.97 Å². The van der Waals surface area contributed by atoms with Crippen LogP contribution in [0, 0.1) is 6.92 Å². The summed E-state index contributed by atoms with van der Waals surface area (Å²) in [5.41, 5.74) is 2.30. The van der Waals surface area contributed by atoms with Gasteiger partial charge in [0.05, 0.1) is 6.61 Å². The van der Waals surface area contributed by atoms with E-state index in [1.807, 2.05) is 31.2 Å². The molecule has 0 aliphatic heterocycles. The van der Waals surface area contributed by atoms with Gasteiger partial charge in [-0.1, -0.05) is 23.7 Å². The molecule has 0 aliphatic rings. The molecule has 0 aliphatic carbocycles. The van der Waals surface area contributed by atoms with Gasteiger partial charge in [-0.3, -0.25) is 0 Å². The van der Waals surface area contributed by atoms with Crippen LogP contribution in [0.2, 0.25) is 5.15 Å². The van der Waals surface area contributed by atoms with Gasteiger partial charge in [0.1, 0.15) is 16.5 Å². The molecule has 2 rings (SSSR count). The molecule has 0 saturated heterocycles. The normalized spacial score (nSPS) is 10.2. The standard InChI is InChI=1S/C15H15ClN2O2/c1-3-20-15(19)12-7-8-13(16)18-14(12)17-11-6-4-5-10(2)9-11/h4-9H,3H2,1-2H3,(H,17,18). The van der Waals surface area contributed by atoms with Crippen molar-refractivity contribution in [2.45, 2.75) is 13.8 Å². The fourth-order valence-corrected chi connectivity index (χ4v) is 1.91. The second kappa shape index (κ2) is 6.39. The quantitative estimate of drug-likeness (QED) is 0.684. The smallest absolute Gasteiger partial charge is 0.341 e. The van der Waals surface area contributed by atoms with Gasteiger partial charge in [-0.05, 0) is 43.7 Å². The monoisotopic (exact) mass is 290 g/mol. The molecule has 2 aromatic rings. The highest BCUT2D eigenvalue weighted by Crippen LogP contribution is 2.22. The van der Waals surface area contributed by atoms with E-state index in [0.717, 1.165) is 11.3 Å². The number of benzene rings is 1. The lowest BCUT2D eigenvalue weighted by atomic mass is 10.2. The number of nitrogens with one attached hydrogen (secondary N) is 1. The van der Waals surface area contributed by atoms with Crippen molar-refractivity contribution in [2.75, 3.05) is 11.9 Å². The van der Waals surface area contributed by atoms with E-state index in [9.17, 15) is 4.79 Å². The molecule has 0 fully saturated rings. The zero-order valence-electron chi connectivity index (χ0n) is 11.3. The molecule has 0 bridgehead atoms. The van der Waals surface area contributed by atoms with Crippen molar-refractivity contribution in [1.82, 2.24) is 4.98 Å². The maximum atomic E-state index is 11.9. The Kier molecular flexibility index (Phi) is 4.58. The van der Waals surface area contributed by atoms with Crippen molar-refractivity contribution < 1.29 is 9.53 Å². The Morgan fingerprint density at radius 3 is 2.85 bits per heavy atom. The third kappa shape index (κ3) is 3.48. The summed E-state index contributed by atoms with van der Waals surface area (Å²) < 4.78 is 5.01. The van der Waals surface area contributed by atoms with Gasteiger partial charge in [-0.15, -0.1) is 0 Å². The van der Waals surface area contributed by atoms with Crippen molar-refractivity contribution in [3.8, 4) is 0 Å². The summed E-state index contributed by atoms with van der Waals surface area (Å²) in [6, 6.07) is 10.9. The molecule has 104 valence electrons. The van der Waals surface area contributed by atoms with Crippen molar-refractivity contribution >= 4 is 29.1 Å². The number of hydrogen-bond donors (Lipinski definition) is 1. The van der Waals surface area contributed by atoms with Crippen LogP contribution in [0.3, 0.4) is 0 Å². The predicted molar refractivity (Wildman–Crippen MR) is 79.7 cm³/mol. The zero-order chi connectivity index (χ0) is 14.5. The zero-order valence-corrected chi connectivity index (χ0v) is 12.1. The van der Waals surface area contributed by atoms with Gasteiger partial charge in [-0.25, -0.2) is 9.78 Å². The molecule has 1 aromatic carbocycles. The molecule has 1 N–H and O–H groups in total. The minimum atomic E-state index is -0.424. The number of ether oxygens (including phenoxy) is 1. The maximum Gasteiger partial charge on any atom is 0.341 e. The maximum absolute atomic E-state index is 11.9. The number of hydrogen-bond acceptors (Lipinski definition) is 4. The third-order valence-electron chi connectivity index (χ3n) is 2.64. The van der Waals surface area contributed by atoms with E-state index in [1.165, 1.54) is 0 Å². The fourth-order valence-electron chi connectivity index (χ4n) is 1.76. The molecular weight excluding hydrogens is 276 g/mol. The lowest BCUT2D eigenvalue weighted by molar-refractivity contribution is 0.0527. The number of aryl methyl sites for hydroxylation is 1. The van der Waals surface area contributed by atoms with Crippen LogP contribution in [0.25, 0.3) is 0 Å². The van der Waals surface area contributed by atoms with E-state index >= 15 is 0 Å². The third-order valence-corrected chi connectivity index (χ3v) is 2.85. The van der Waals surface area contributed by atoms with Crippen LogP contribution in [-0.4, -0.2) is 17.6 Å². The van der Waals surface area contributed by atoms with Crippen molar-refractivity contribution in [3.05, 3.63) is 52.7 Å². The van der Waals surface area contributed by atoms with Crippen LogP contribution < -0.4 is 5.32 Å². The average molecular weight is 291 g/mol. The molecule has 0 unspecified atom stereocenters. The van der Waals surface area contributed by atoms with Gasteiger partial charge in [0.25, 0.3) is 0 Å². The fraction of sp³-hybridized carbons (Fsp3) is 0.200. The van der Waals surface area contributed by atoms with Crippen LogP contribution in [0.5, 0.6) is 0 Å². The van der Waals surface area contributed by atoms with E-state index in [2.05, 4.69) is 10.3 Å². The Balaban J connectivity index is 2.34. The predicted octanol–water partition coefficient (Wildman–Crippen LogP) is 3.96. The number of pyridine rings is 1. The van der Waals surface area contributed by atoms with E-state index in [4.69, 9.17) is 16.3 Å². The first-order chi connectivity index (χ1) is 9.60. The first-order valence-electron chi connectivity index (χ1n) is 6.27. The lowest BCUT2D eigenvalue weighted by Crippen LogP contribution is -2.09. The number of carbonyl (C=O) groups excluding carboxylic acids is 1. The molecular formula is C15H15ClN2O2. The van der Waals surface area contributed by atoms with Gasteiger partial charge in [-0.2, -0.15) is 0 Å². The summed E-state index contributed by atoms with van der Waals surface area (Å²) in [7, 11) is 0. The molecule has 0 spiro atoms. The van der Waals surface area contributed by atoms with Gasteiger partial charge in [0, 0.05) is 5.69 Å². The molecule has 0 amide bonds. The highest BCUT2D eigenvalue weighted by molar-refractivity contribution is 6.29. The van der Waals surface area contributed by atoms with E-state index < -0.39 is 5.97 Å². The molecule has 1 heterocycles. The van der Waals surface area contributed by atoms with Gasteiger partial charge in [0.15, 0.2) is 0 Å². The van der Waals surface area contributed by atoms with Crippen LogP contribution in [0.4, 0.5) is 11.5 Å². The summed E-state index contributed by atoms with van der Waals surface area (Å²) in [4.78, 5) is 16.0. The summed E-state index contributed by atoms with van der Waals surface area (Å²) >= 11 is 5.89. The van der Waals surface area contributed by atoms with Crippen LogP contribution in [-0.2, 0) is 4.74 Å². The van der Waals surface area contributed by atoms with Crippen molar-refractivity contribution in [2.24, 2.45) is 0 Å². The minimum absolute atomic E-state index is 0.311. The number of nitrogens with zero attached hydrogens (tertiary/aromatic N) is 1. The van der Waals surface area contributed by atoms with Crippen LogP contribution in [0.15, 0.2) is 36.4 Å². The van der Waals surface area contributed by atoms with Crippen molar-refractivity contribution in [1.29, 1.82) is 0 Å². The molecule has 20 heavy (non-hydrogen) atoms. The number of carbonyl (C=O) groups is 1. The Morgan fingerprint density at radius 2 is 2.15 bits per heavy atom. The van der Waals surface area contributed by atoms with Gasteiger partial charge in [0.2, 0.25) is 0 Å². The summed E-state index contributed by atoms with van der Waals surface area (Å²) in [6.07, 6.45) is 0. The number of anilines is 2. The average Bonchev–Trinajstić information content (AvgIpc) is 2.39. The second-order valence-corrected chi connectivity index (χ2v) is 4.63. The highest BCUT2D eigenvalue weighted by Gasteiger charge is 2.14. The molecule has 0 radical (unpaired) electrons. The minimum Gasteiger partial charge on any atom is -0.462 e. The molecule has 0 saturated carbocycles. The summed E-state index contributed by atoms with van der Waals surface area (Å²) in [5.74, 6) is -0.0339. The Morgan fingerprint density at radius 1 is 1.35 bits per heavy atom. The first kappa shape index (κ1) is 14.3. The van der Waals surface area contributed by atoms with E-state index in [1.54, 1.807) is 19.1 Å². The molecule has 1 aromatic heterocycles. The van der Waals surface area contributed by atoms with Crippen LogP contribution >= 0.6 is 11.6 Å². The van der Waals surface area contributed by atoms with Crippen molar-refractivity contribution in [3.63, 3.8) is 0 Å². The molecule has 0 atom stereocenters. The topological polar surface area (TPSA) is 51.2 Å². The summed E-state index contributed by atoms with van der Waals surface area (Å²) in [5, 5.41) is 3.41. The Hall–Kier alpha value is -2.07. The highest BCUT2D eigenvalue weighted by atomic mass is 35.5. The molecule has 4 nitrogen and oxygen atoms in total. The van der Waals surface area contributed by atoms with E-state index in [-0.39, 0.29) is 0 Å². The largest absolute Gasteiger partial charge is 0.462 e. The SMILES string of the molecule is CCOC(=O)c1ccc(Cl)nc1Nc1cccc(C)c1. The summed E-state index contributed by atoms with van der Waals surface area (Å²) in [6.45, 7) is 4.06. The Bertz CT molecular complexity index is 629. The second-order valence-electron chi connectivity index (χ2n) is 4.25. The molecule has 5 heteroatoms.